The van der Waals surface area contributed by atoms with Crippen molar-refractivity contribution < 1.29 is 13.2 Å². The van der Waals surface area contributed by atoms with Gasteiger partial charge in [-0.05, 0) is 19.3 Å². The molecule has 0 aromatic rings. The lowest BCUT2D eigenvalue weighted by Gasteiger charge is -2.20. The topological polar surface area (TPSA) is 75.3 Å². The van der Waals surface area contributed by atoms with E-state index in [0.717, 1.165) is 6.42 Å². The minimum atomic E-state index is -3.15. The van der Waals surface area contributed by atoms with Crippen molar-refractivity contribution in [3.8, 4) is 0 Å². The van der Waals surface area contributed by atoms with Crippen LogP contribution in [0.2, 0.25) is 0 Å². The summed E-state index contributed by atoms with van der Waals surface area (Å²) in [5.74, 6) is 0.808. The fourth-order valence-electron chi connectivity index (χ4n) is 2.41. The molecule has 112 valence electrons. The van der Waals surface area contributed by atoms with E-state index in [0.29, 0.717) is 18.9 Å². The Labute approximate surface area is 116 Å². The van der Waals surface area contributed by atoms with Gasteiger partial charge in [0.05, 0.1) is 5.75 Å². The molecule has 0 radical (unpaired) electrons. The zero-order valence-corrected chi connectivity index (χ0v) is 12.6. The highest BCUT2D eigenvalue weighted by Crippen LogP contribution is 2.27. The molecular formula is C13H26N2O3S. The SMILES string of the molecule is CCS(=O)(=O)NCCNC(=O)CCC1CCCCC1. The Morgan fingerprint density at radius 2 is 1.84 bits per heavy atom. The zero-order valence-electron chi connectivity index (χ0n) is 11.8. The zero-order chi connectivity index (χ0) is 14.1. The number of hydrogen-bond acceptors (Lipinski definition) is 3. The number of carbonyl (C=O) groups excluding carboxylic acids is 1. The lowest BCUT2D eigenvalue weighted by Crippen LogP contribution is -2.35. The lowest BCUT2D eigenvalue weighted by atomic mass is 9.86. The van der Waals surface area contributed by atoms with Crippen LogP contribution in [0.4, 0.5) is 0 Å². The number of amides is 1. The van der Waals surface area contributed by atoms with Gasteiger partial charge in [0.25, 0.3) is 0 Å². The summed E-state index contributed by atoms with van der Waals surface area (Å²) in [6, 6.07) is 0. The molecule has 0 atom stereocenters. The van der Waals surface area contributed by atoms with Crippen LogP contribution in [0.3, 0.4) is 0 Å². The molecule has 2 N–H and O–H groups in total. The molecule has 1 saturated carbocycles. The third-order valence-corrected chi connectivity index (χ3v) is 5.06. The van der Waals surface area contributed by atoms with Crippen molar-refractivity contribution in [3.05, 3.63) is 0 Å². The van der Waals surface area contributed by atoms with Gasteiger partial charge in [-0.1, -0.05) is 32.1 Å². The second-order valence-electron chi connectivity index (χ2n) is 5.19. The molecule has 6 heteroatoms. The van der Waals surface area contributed by atoms with E-state index in [1.807, 2.05) is 0 Å². The molecule has 0 aromatic heterocycles. The first-order valence-electron chi connectivity index (χ1n) is 7.27. The van der Waals surface area contributed by atoms with Crippen molar-refractivity contribution in [1.29, 1.82) is 0 Å². The van der Waals surface area contributed by atoms with Gasteiger partial charge in [-0.3, -0.25) is 4.79 Å². The van der Waals surface area contributed by atoms with Crippen LogP contribution in [0.25, 0.3) is 0 Å². The molecule has 0 bridgehead atoms. The number of rotatable bonds is 8. The molecule has 1 aliphatic rings. The van der Waals surface area contributed by atoms with Crippen molar-refractivity contribution >= 4 is 15.9 Å². The van der Waals surface area contributed by atoms with E-state index in [9.17, 15) is 13.2 Å². The van der Waals surface area contributed by atoms with Crippen LogP contribution in [0, 0.1) is 5.92 Å². The Bertz CT molecular complexity index is 362. The Morgan fingerprint density at radius 3 is 2.47 bits per heavy atom. The molecule has 1 aliphatic carbocycles. The van der Waals surface area contributed by atoms with E-state index in [1.165, 1.54) is 32.1 Å². The van der Waals surface area contributed by atoms with Crippen LogP contribution < -0.4 is 10.0 Å². The van der Waals surface area contributed by atoms with Crippen molar-refractivity contribution in [2.75, 3.05) is 18.8 Å². The number of carbonyl (C=O) groups is 1. The molecule has 0 aliphatic heterocycles. The number of hydrogen-bond donors (Lipinski definition) is 2. The van der Waals surface area contributed by atoms with E-state index in [4.69, 9.17) is 0 Å². The quantitative estimate of drug-likeness (QED) is 0.664. The fourth-order valence-corrected chi connectivity index (χ4v) is 3.03. The molecule has 19 heavy (non-hydrogen) atoms. The second kappa shape index (κ2) is 8.53. The maximum atomic E-state index is 11.6. The number of nitrogens with one attached hydrogen (secondary N) is 2. The minimum absolute atomic E-state index is 0.0290. The summed E-state index contributed by atoms with van der Waals surface area (Å²) in [5, 5.41) is 2.75. The van der Waals surface area contributed by atoms with E-state index in [2.05, 4.69) is 10.0 Å². The Hall–Kier alpha value is -0.620. The van der Waals surface area contributed by atoms with Gasteiger partial charge < -0.3 is 5.32 Å². The van der Waals surface area contributed by atoms with Crippen molar-refractivity contribution in [2.24, 2.45) is 5.92 Å². The first-order valence-corrected chi connectivity index (χ1v) is 8.93. The normalized spacial score (nSPS) is 17.3. The van der Waals surface area contributed by atoms with E-state index in [-0.39, 0.29) is 18.2 Å². The summed E-state index contributed by atoms with van der Waals surface area (Å²) < 4.78 is 24.7. The summed E-state index contributed by atoms with van der Waals surface area (Å²) in [6.07, 6.45) is 7.96. The molecule has 0 spiro atoms. The average Bonchev–Trinajstić information content (AvgIpc) is 2.42. The van der Waals surface area contributed by atoms with Crippen LogP contribution in [0.5, 0.6) is 0 Å². The van der Waals surface area contributed by atoms with Crippen molar-refractivity contribution in [2.45, 2.75) is 51.9 Å². The highest BCUT2D eigenvalue weighted by atomic mass is 32.2. The Morgan fingerprint density at radius 1 is 1.16 bits per heavy atom. The third-order valence-electron chi connectivity index (χ3n) is 3.65. The number of sulfonamides is 1. The molecule has 1 amide bonds. The summed E-state index contributed by atoms with van der Waals surface area (Å²) in [5.41, 5.74) is 0. The lowest BCUT2D eigenvalue weighted by molar-refractivity contribution is -0.121. The first kappa shape index (κ1) is 16.4. The van der Waals surface area contributed by atoms with E-state index >= 15 is 0 Å². The van der Waals surface area contributed by atoms with Gasteiger partial charge in [-0.25, -0.2) is 13.1 Å². The van der Waals surface area contributed by atoms with Gasteiger partial charge in [0, 0.05) is 19.5 Å². The van der Waals surface area contributed by atoms with Crippen LogP contribution in [-0.4, -0.2) is 33.2 Å². The predicted molar refractivity (Wildman–Crippen MR) is 76.3 cm³/mol. The van der Waals surface area contributed by atoms with Crippen LogP contribution in [0.1, 0.15) is 51.9 Å². The maximum Gasteiger partial charge on any atom is 0.220 e. The van der Waals surface area contributed by atoms with Crippen LogP contribution in [0.15, 0.2) is 0 Å². The molecule has 0 unspecified atom stereocenters. The van der Waals surface area contributed by atoms with Crippen molar-refractivity contribution in [3.63, 3.8) is 0 Å². The largest absolute Gasteiger partial charge is 0.355 e. The third kappa shape index (κ3) is 7.52. The average molecular weight is 290 g/mol. The molecule has 0 saturated heterocycles. The molecule has 5 nitrogen and oxygen atoms in total. The van der Waals surface area contributed by atoms with Crippen molar-refractivity contribution in [1.82, 2.24) is 10.0 Å². The first-order chi connectivity index (χ1) is 9.03. The second-order valence-corrected chi connectivity index (χ2v) is 7.29. The van der Waals surface area contributed by atoms with Gasteiger partial charge in [0.1, 0.15) is 0 Å². The predicted octanol–water partition coefficient (Wildman–Crippen LogP) is 1.40. The molecule has 1 fully saturated rings. The molecule has 1 rings (SSSR count). The Kier molecular flexibility index (Phi) is 7.38. The van der Waals surface area contributed by atoms with Gasteiger partial charge in [-0.15, -0.1) is 0 Å². The molecule has 0 heterocycles. The molecular weight excluding hydrogens is 264 g/mol. The van der Waals surface area contributed by atoms with Gasteiger partial charge in [0.2, 0.25) is 15.9 Å². The van der Waals surface area contributed by atoms with Gasteiger partial charge >= 0.3 is 0 Å². The smallest absolute Gasteiger partial charge is 0.220 e. The highest BCUT2D eigenvalue weighted by Gasteiger charge is 2.14. The fraction of sp³-hybridized carbons (Fsp3) is 0.923. The Balaban J connectivity index is 2.04. The van der Waals surface area contributed by atoms with Crippen LogP contribution >= 0.6 is 0 Å². The minimum Gasteiger partial charge on any atom is -0.355 e. The summed E-state index contributed by atoms with van der Waals surface area (Å²) >= 11 is 0. The van der Waals surface area contributed by atoms with E-state index in [1.54, 1.807) is 6.92 Å². The highest BCUT2D eigenvalue weighted by molar-refractivity contribution is 7.89. The monoisotopic (exact) mass is 290 g/mol. The summed E-state index contributed by atoms with van der Waals surface area (Å²) in [7, 11) is -3.15. The van der Waals surface area contributed by atoms with Gasteiger partial charge in [-0.2, -0.15) is 0 Å². The standard InChI is InChI=1S/C13H26N2O3S/c1-2-19(17,18)15-11-10-14-13(16)9-8-12-6-4-3-5-7-12/h12,15H,2-11H2,1H3,(H,14,16). The van der Waals surface area contributed by atoms with Crippen LogP contribution in [-0.2, 0) is 14.8 Å². The summed E-state index contributed by atoms with van der Waals surface area (Å²) in [6.45, 7) is 2.22. The molecule has 0 aromatic carbocycles. The van der Waals surface area contributed by atoms with E-state index < -0.39 is 10.0 Å². The maximum absolute atomic E-state index is 11.6. The summed E-state index contributed by atoms with van der Waals surface area (Å²) in [4.78, 5) is 11.6. The van der Waals surface area contributed by atoms with Gasteiger partial charge in [0.15, 0.2) is 0 Å².